The molecule has 0 heterocycles. The van der Waals surface area contributed by atoms with Crippen molar-refractivity contribution in [2.75, 3.05) is 13.2 Å². The second-order valence-electron chi connectivity index (χ2n) is 24.8. The molecule has 484 valence electrons. The zero-order valence-electron chi connectivity index (χ0n) is 55.7. The first-order chi connectivity index (χ1) is 41.0. The molecule has 0 aliphatic carbocycles. The van der Waals surface area contributed by atoms with Crippen LogP contribution in [-0.4, -0.2) is 37.2 Å². The van der Waals surface area contributed by atoms with E-state index < -0.39 is 6.10 Å². The predicted octanol–water partition coefficient (Wildman–Crippen LogP) is 25.5. The second-order valence-corrected chi connectivity index (χ2v) is 24.8. The zero-order chi connectivity index (χ0) is 59.9. The number of ether oxygens (including phenoxy) is 3. The summed E-state index contributed by atoms with van der Waals surface area (Å²) in [7, 11) is 0. The average Bonchev–Trinajstić information content (AvgIpc) is 3.49. The van der Waals surface area contributed by atoms with Gasteiger partial charge >= 0.3 is 17.9 Å². The third-order valence-electron chi connectivity index (χ3n) is 16.5. The van der Waals surface area contributed by atoms with E-state index >= 15 is 0 Å². The Labute approximate surface area is 517 Å². The summed E-state index contributed by atoms with van der Waals surface area (Å²) in [4.78, 5) is 38.5. The van der Waals surface area contributed by atoms with Crippen molar-refractivity contribution in [3.63, 3.8) is 0 Å². The van der Waals surface area contributed by atoms with Crippen LogP contribution < -0.4 is 0 Å². The van der Waals surface area contributed by atoms with Crippen LogP contribution in [0.3, 0.4) is 0 Å². The first-order valence-corrected chi connectivity index (χ1v) is 36.8. The summed E-state index contributed by atoms with van der Waals surface area (Å²) >= 11 is 0. The topological polar surface area (TPSA) is 78.9 Å². The summed E-state index contributed by atoms with van der Waals surface area (Å²) in [5.74, 6) is -0.872. The van der Waals surface area contributed by atoms with Crippen molar-refractivity contribution in [1.82, 2.24) is 0 Å². The average molecular weight is 1160 g/mol. The van der Waals surface area contributed by atoms with Crippen LogP contribution in [-0.2, 0) is 28.6 Å². The molecule has 0 saturated heterocycles. The SMILES string of the molecule is CCCCC/C=C\C/C=C\CCCCCCCCCCCC(=O)OC(COC(=O)CCCCCCC/C=C\C/C=C\CCCCC)COC(=O)CCCCCCCCCCCCCCCCCCCCC/C=C\CCCCCCCCCC. The lowest BCUT2D eigenvalue weighted by Gasteiger charge is -2.18. The molecule has 0 rings (SSSR count). The van der Waals surface area contributed by atoms with Crippen molar-refractivity contribution in [1.29, 1.82) is 0 Å². The van der Waals surface area contributed by atoms with Crippen molar-refractivity contribution < 1.29 is 28.6 Å². The van der Waals surface area contributed by atoms with Gasteiger partial charge < -0.3 is 14.2 Å². The van der Waals surface area contributed by atoms with Gasteiger partial charge in [-0.05, 0) is 109 Å². The van der Waals surface area contributed by atoms with Gasteiger partial charge in [0.25, 0.3) is 0 Å². The molecule has 6 heteroatoms. The van der Waals surface area contributed by atoms with Crippen LogP contribution in [0.5, 0.6) is 0 Å². The number of unbranched alkanes of at least 4 members (excludes halogenated alkanes) is 47. The second kappa shape index (κ2) is 71.6. The molecule has 0 saturated carbocycles. The van der Waals surface area contributed by atoms with Crippen LogP contribution in [0.15, 0.2) is 60.8 Å². The summed E-state index contributed by atoms with van der Waals surface area (Å²) < 4.78 is 17.0. The predicted molar refractivity (Wildman–Crippen MR) is 362 cm³/mol. The van der Waals surface area contributed by atoms with E-state index in [1.165, 1.54) is 270 Å². The lowest BCUT2D eigenvalue weighted by Crippen LogP contribution is -2.30. The Kier molecular flexibility index (Phi) is 69.1. The molecule has 0 spiro atoms. The van der Waals surface area contributed by atoms with Gasteiger partial charge in [0.1, 0.15) is 13.2 Å². The van der Waals surface area contributed by atoms with E-state index in [4.69, 9.17) is 14.2 Å². The monoisotopic (exact) mass is 1160 g/mol. The van der Waals surface area contributed by atoms with Gasteiger partial charge in [-0.3, -0.25) is 14.4 Å². The van der Waals surface area contributed by atoms with Gasteiger partial charge in [0.15, 0.2) is 6.10 Å². The van der Waals surface area contributed by atoms with E-state index in [2.05, 4.69) is 81.5 Å². The van der Waals surface area contributed by atoms with Crippen molar-refractivity contribution >= 4 is 17.9 Å². The minimum Gasteiger partial charge on any atom is -0.462 e. The van der Waals surface area contributed by atoms with E-state index in [1.54, 1.807) is 0 Å². The number of carbonyl (C=O) groups is 3. The number of carbonyl (C=O) groups excluding carboxylic acids is 3. The summed E-state index contributed by atoms with van der Waals surface area (Å²) in [6, 6.07) is 0. The van der Waals surface area contributed by atoms with Crippen LogP contribution in [0.1, 0.15) is 393 Å². The molecule has 0 aromatic carbocycles. The summed E-state index contributed by atoms with van der Waals surface area (Å²) in [5.41, 5.74) is 0. The number of hydrogen-bond donors (Lipinski definition) is 0. The normalized spacial score (nSPS) is 12.4. The zero-order valence-corrected chi connectivity index (χ0v) is 55.7. The van der Waals surface area contributed by atoms with Gasteiger partial charge in [-0.1, -0.05) is 326 Å². The van der Waals surface area contributed by atoms with Gasteiger partial charge in [-0.15, -0.1) is 0 Å². The molecule has 1 atom stereocenters. The van der Waals surface area contributed by atoms with Crippen molar-refractivity contribution in [3.8, 4) is 0 Å². The molecule has 0 amide bonds. The number of esters is 3. The maximum atomic E-state index is 13.0. The van der Waals surface area contributed by atoms with E-state index in [9.17, 15) is 14.4 Å². The fourth-order valence-electron chi connectivity index (χ4n) is 10.9. The van der Waals surface area contributed by atoms with Gasteiger partial charge in [-0.2, -0.15) is 0 Å². The third kappa shape index (κ3) is 69.8. The Morgan fingerprint density at radius 1 is 0.241 bits per heavy atom. The van der Waals surface area contributed by atoms with Crippen molar-refractivity contribution in [2.24, 2.45) is 0 Å². The minimum atomic E-state index is -0.783. The van der Waals surface area contributed by atoms with Crippen LogP contribution >= 0.6 is 0 Å². The van der Waals surface area contributed by atoms with E-state index in [1.807, 2.05) is 0 Å². The lowest BCUT2D eigenvalue weighted by atomic mass is 10.0. The maximum absolute atomic E-state index is 13.0. The largest absolute Gasteiger partial charge is 0.462 e. The minimum absolute atomic E-state index is 0.0770. The Hall–Kier alpha value is -2.89. The third-order valence-corrected chi connectivity index (χ3v) is 16.5. The Bertz CT molecular complexity index is 1470. The molecular formula is C77H140O6. The van der Waals surface area contributed by atoms with Crippen molar-refractivity contribution in [2.45, 2.75) is 399 Å². The van der Waals surface area contributed by atoms with Crippen molar-refractivity contribution in [3.05, 3.63) is 60.8 Å². The molecule has 0 fully saturated rings. The fraction of sp³-hybridized carbons (Fsp3) is 0.831. The van der Waals surface area contributed by atoms with Gasteiger partial charge in [0.2, 0.25) is 0 Å². The molecule has 0 N–H and O–H groups in total. The number of rotatable bonds is 68. The quantitative estimate of drug-likeness (QED) is 0.0261. The smallest absolute Gasteiger partial charge is 0.306 e. The summed E-state index contributed by atoms with van der Waals surface area (Å²) in [5, 5.41) is 0. The number of hydrogen-bond acceptors (Lipinski definition) is 6. The van der Waals surface area contributed by atoms with Gasteiger partial charge in [0, 0.05) is 19.3 Å². The molecule has 0 radical (unpaired) electrons. The molecule has 0 aromatic rings. The highest BCUT2D eigenvalue weighted by molar-refractivity contribution is 5.71. The standard InChI is InChI=1S/C77H140O6/c1-4-7-10-13-16-19-22-25-28-30-32-33-34-35-36-37-38-39-40-41-42-43-45-46-49-52-55-58-61-64-67-70-76(79)82-73-74(72-81-75(78)69-66-63-60-57-54-51-48-27-24-21-18-15-12-9-6-3)83-77(80)71-68-65-62-59-56-53-50-47-44-31-29-26-23-20-17-14-11-8-5-2/h17-18,20-21,26-27,29-30,32,48,74H,4-16,19,22-25,28,31,33-47,49-73H2,1-3H3/b20-17-,21-18-,29-26-,32-30-,48-27-. The molecule has 0 aromatic heterocycles. The first-order valence-electron chi connectivity index (χ1n) is 36.8. The highest BCUT2D eigenvalue weighted by Gasteiger charge is 2.19. The Balaban J connectivity index is 4.21. The Morgan fingerprint density at radius 2 is 0.434 bits per heavy atom. The van der Waals surface area contributed by atoms with Gasteiger partial charge in [-0.25, -0.2) is 0 Å². The molecule has 83 heavy (non-hydrogen) atoms. The molecule has 0 aliphatic heterocycles. The molecule has 0 bridgehead atoms. The molecular weight excluding hydrogens is 1020 g/mol. The molecule has 0 aliphatic rings. The number of allylic oxidation sites excluding steroid dienone is 10. The summed E-state index contributed by atoms with van der Waals surface area (Å²) in [6.45, 7) is 6.63. The van der Waals surface area contributed by atoms with E-state index in [0.717, 1.165) is 83.5 Å². The maximum Gasteiger partial charge on any atom is 0.306 e. The lowest BCUT2D eigenvalue weighted by molar-refractivity contribution is -0.167. The van der Waals surface area contributed by atoms with Crippen LogP contribution in [0.4, 0.5) is 0 Å². The van der Waals surface area contributed by atoms with Gasteiger partial charge in [0.05, 0.1) is 0 Å². The first kappa shape index (κ1) is 80.1. The van der Waals surface area contributed by atoms with E-state index in [-0.39, 0.29) is 31.1 Å². The van der Waals surface area contributed by atoms with Crippen LogP contribution in [0, 0.1) is 0 Å². The highest BCUT2D eigenvalue weighted by Crippen LogP contribution is 2.18. The van der Waals surface area contributed by atoms with Crippen LogP contribution in [0.25, 0.3) is 0 Å². The Morgan fingerprint density at radius 3 is 0.699 bits per heavy atom. The molecule has 1 unspecified atom stereocenters. The van der Waals surface area contributed by atoms with E-state index in [0.29, 0.717) is 19.3 Å². The fourth-order valence-corrected chi connectivity index (χ4v) is 10.9. The molecule has 6 nitrogen and oxygen atoms in total. The highest BCUT2D eigenvalue weighted by atomic mass is 16.6. The van der Waals surface area contributed by atoms with Crippen LogP contribution in [0.2, 0.25) is 0 Å². The summed E-state index contributed by atoms with van der Waals surface area (Å²) in [6.07, 6.45) is 92.6.